The molecule has 2 rings (SSSR count). The number of nitrogens with zero attached hydrogens (tertiary/aromatic N) is 3. The average Bonchev–Trinajstić information content (AvgIpc) is 2.67. The second kappa shape index (κ2) is 5.28. The zero-order valence-electron chi connectivity index (χ0n) is 10.2. The molecule has 1 aromatic carbocycles. The number of benzene rings is 1. The summed E-state index contributed by atoms with van der Waals surface area (Å²) in [4.78, 5) is 0. The molecular formula is C12H14BrClN4. The van der Waals surface area contributed by atoms with Crippen molar-refractivity contribution in [3.05, 3.63) is 32.9 Å². The number of aryl methyl sites for hydroxylation is 1. The third-order valence-electron chi connectivity index (χ3n) is 2.74. The van der Waals surface area contributed by atoms with Crippen LogP contribution in [-0.2, 0) is 6.42 Å². The first kappa shape index (κ1) is 13.4. The molecular weight excluding hydrogens is 316 g/mol. The van der Waals surface area contributed by atoms with E-state index in [0.29, 0.717) is 10.8 Å². The van der Waals surface area contributed by atoms with E-state index in [-0.39, 0.29) is 0 Å². The first-order valence-corrected chi connectivity index (χ1v) is 6.87. The number of rotatable bonds is 3. The van der Waals surface area contributed by atoms with Gasteiger partial charge in [-0.15, -0.1) is 5.10 Å². The van der Waals surface area contributed by atoms with E-state index in [2.05, 4.69) is 33.2 Å². The van der Waals surface area contributed by atoms with E-state index < -0.39 is 0 Å². The van der Waals surface area contributed by atoms with Crippen LogP contribution < -0.4 is 5.73 Å². The van der Waals surface area contributed by atoms with Gasteiger partial charge in [0.25, 0.3) is 0 Å². The Morgan fingerprint density at radius 1 is 1.44 bits per heavy atom. The summed E-state index contributed by atoms with van der Waals surface area (Å²) in [5, 5.41) is 8.72. The van der Waals surface area contributed by atoms with Crippen LogP contribution in [0.2, 0.25) is 5.02 Å². The van der Waals surface area contributed by atoms with Crippen LogP contribution in [0.4, 0.5) is 5.82 Å². The smallest absolute Gasteiger partial charge is 0.169 e. The predicted molar refractivity (Wildman–Crippen MR) is 77.2 cm³/mol. The fourth-order valence-corrected chi connectivity index (χ4v) is 2.56. The van der Waals surface area contributed by atoms with Crippen LogP contribution in [0.5, 0.6) is 0 Å². The van der Waals surface area contributed by atoms with Crippen LogP contribution in [0.1, 0.15) is 24.6 Å². The minimum atomic E-state index is 0.473. The maximum Gasteiger partial charge on any atom is 0.169 e. The molecule has 0 amide bonds. The van der Waals surface area contributed by atoms with Crippen LogP contribution in [0.3, 0.4) is 0 Å². The lowest BCUT2D eigenvalue weighted by Crippen LogP contribution is -2.05. The minimum Gasteiger partial charge on any atom is -0.381 e. The lowest BCUT2D eigenvalue weighted by molar-refractivity contribution is 0.743. The second-order valence-corrected chi connectivity index (χ2v) is 5.40. The molecule has 0 radical (unpaired) electrons. The quantitative estimate of drug-likeness (QED) is 0.937. The summed E-state index contributed by atoms with van der Waals surface area (Å²) >= 11 is 9.68. The summed E-state index contributed by atoms with van der Waals surface area (Å²) in [5.41, 5.74) is 8.63. The van der Waals surface area contributed by atoms with E-state index >= 15 is 0 Å². The molecule has 0 aliphatic heterocycles. The zero-order chi connectivity index (χ0) is 13.3. The minimum absolute atomic E-state index is 0.473. The number of hydrogen-bond donors (Lipinski definition) is 1. The van der Waals surface area contributed by atoms with E-state index in [1.54, 1.807) is 4.68 Å². The monoisotopic (exact) mass is 328 g/mol. The molecule has 4 nitrogen and oxygen atoms in total. The van der Waals surface area contributed by atoms with Crippen molar-refractivity contribution >= 4 is 33.3 Å². The van der Waals surface area contributed by atoms with Gasteiger partial charge in [0.15, 0.2) is 5.82 Å². The van der Waals surface area contributed by atoms with Crippen molar-refractivity contribution in [2.75, 3.05) is 5.73 Å². The summed E-state index contributed by atoms with van der Waals surface area (Å²) in [5.74, 6) is 0.473. The molecule has 0 unspecified atom stereocenters. The summed E-state index contributed by atoms with van der Waals surface area (Å²) < 4.78 is 2.67. The normalized spacial score (nSPS) is 10.9. The molecule has 0 saturated carbocycles. The Morgan fingerprint density at radius 3 is 2.83 bits per heavy atom. The van der Waals surface area contributed by atoms with E-state index in [1.165, 1.54) is 0 Å². The molecule has 6 heteroatoms. The van der Waals surface area contributed by atoms with Gasteiger partial charge in [0.1, 0.15) is 0 Å². The third kappa shape index (κ3) is 2.37. The summed E-state index contributed by atoms with van der Waals surface area (Å²) in [6.07, 6.45) is 1.81. The zero-order valence-corrected chi connectivity index (χ0v) is 12.6. The van der Waals surface area contributed by atoms with Crippen molar-refractivity contribution in [3.8, 4) is 5.69 Å². The number of hydrogen-bond acceptors (Lipinski definition) is 3. The molecule has 2 aromatic rings. The first-order valence-electron chi connectivity index (χ1n) is 5.70. The van der Waals surface area contributed by atoms with Crippen LogP contribution >= 0.6 is 27.5 Å². The lowest BCUT2D eigenvalue weighted by Gasteiger charge is -2.10. The third-order valence-corrected chi connectivity index (χ3v) is 3.78. The summed E-state index contributed by atoms with van der Waals surface area (Å²) in [6, 6.07) is 3.83. The SMILES string of the molecule is CCCc1c(N)nnn1-c1cc(Cl)c(C)cc1Br. The fraction of sp³-hybridized carbons (Fsp3) is 0.333. The van der Waals surface area contributed by atoms with Crippen LogP contribution in [-0.4, -0.2) is 15.0 Å². The Kier molecular flexibility index (Phi) is 3.92. The molecule has 0 aliphatic carbocycles. The molecule has 0 atom stereocenters. The topological polar surface area (TPSA) is 56.7 Å². The Balaban J connectivity index is 2.58. The van der Waals surface area contributed by atoms with Crippen molar-refractivity contribution in [2.24, 2.45) is 0 Å². The van der Waals surface area contributed by atoms with Crippen molar-refractivity contribution in [3.63, 3.8) is 0 Å². The summed E-state index contributed by atoms with van der Waals surface area (Å²) in [7, 11) is 0. The van der Waals surface area contributed by atoms with Crippen LogP contribution in [0.25, 0.3) is 5.69 Å². The number of nitrogen functional groups attached to an aromatic ring is 1. The Morgan fingerprint density at radius 2 is 2.17 bits per heavy atom. The van der Waals surface area contributed by atoms with Gasteiger partial charge in [0.2, 0.25) is 0 Å². The average molecular weight is 330 g/mol. The molecule has 2 N–H and O–H groups in total. The van der Waals surface area contributed by atoms with Gasteiger partial charge in [-0.25, -0.2) is 4.68 Å². The van der Waals surface area contributed by atoms with Gasteiger partial charge in [-0.1, -0.05) is 30.2 Å². The van der Waals surface area contributed by atoms with Gasteiger partial charge in [0, 0.05) is 9.50 Å². The molecule has 1 aromatic heterocycles. The standard InChI is InChI=1S/C12H14BrClN4/c1-3-4-10-12(15)16-17-18(10)11-6-9(14)7(2)5-8(11)13/h5-6H,3-4,15H2,1-2H3. The number of halogens is 2. The van der Waals surface area contributed by atoms with E-state index in [1.807, 2.05) is 19.1 Å². The Bertz CT molecular complexity index is 580. The van der Waals surface area contributed by atoms with Crippen LogP contribution in [0, 0.1) is 6.92 Å². The highest BCUT2D eigenvalue weighted by molar-refractivity contribution is 9.10. The molecule has 0 aliphatic rings. The molecule has 18 heavy (non-hydrogen) atoms. The van der Waals surface area contributed by atoms with E-state index in [0.717, 1.165) is 34.3 Å². The highest BCUT2D eigenvalue weighted by Gasteiger charge is 2.14. The van der Waals surface area contributed by atoms with Gasteiger partial charge in [-0.2, -0.15) is 0 Å². The van der Waals surface area contributed by atoms with Crippen molar-refractivity contribution < 1.29 is 0 Å². The Hall–Kier alpha value is -1.07. The van der Waals surface area contributed by atoms with Gasteiger partial charge in [0.05, 0.1) is 11.4 Å². The lowest BCUT2D eigenvalue weighted by atomic mass is 10.2. The molecule has 1 heterocycles. The number of anilines is 1. The highest BCUT2D eigenvalue weighted by atomic mass is 79.9. The van der Waals surface area contributed by atoms with Gasteiger partial charge in [-0.05, 0) is 47.0 Å². The maximum atomic E-state index is 6.16. The predicted octanol–water partition coefficient (Wildman–Crippen LogP) is 3.53. The number of nitrogens with two attached hydrogens (primary N) is 1. The first-order chi connectivity index (χ1) is 8.54. The molecule has 96 valence electrons. The number of aromatic nitrogens is 3. The van der Waals surface area contributed by atoms with Crippen LogP contribution in [0.15, 0.2) is 16.6 Å². The molecule has 0 fully saturated rings. The maximum absolute atomic E-state index is 6.16. The highest BCUT2D eigenvalue weighted by Crippen LogP contribution is 2.29. The largest absolute Gasteiger partial charge is 0.381 e. The fourth-order valence-electron chi connectivity index (χ4n) is 1.78. The van der Waals surface area contributed by atoms with Gasteiger partial charge >= 0.3 is 0 Å². The van der Waals surface area contributed by atoms with E-state index in [4.69, 9.17) is 17.3 Å². The molecule has 0 spiro atoms. The van der Waals surface area contributed by atoms with Crippen molar-refractivity contribution in [2.45, 2.75) is 26.7 Å². The molecule has 0 bridgehead atoms. The van der Waals surface area contributed by atoms with Crippen molar-refractivity contribution in [1.29, 1.82) is 0 Å². The summed E-state index contributed by atoms with van der Waals surface area (Å²) in [6.45, 7) is 4.05. The van der Waals surface area contributed by atoms with Gasteiger partial charge < -0.3 is 5.73 Å². The van der Waals surface area contributed by atoms with E-state index in [9.17, 15) is 0 Å². The Labute approximate surface area is 119 Å². The van der Waals surface area contributed by atoms with Crippen molar-refractivity contribution in [1.82, 2.24) is 15.0 Å². The second-order valence-electron chi connectivity index (χ2n) is 4.14. The van der Waals surface area contributed by atoms with Gasteiger partial charge in [-0.3, -0.25) is 0 Å². The molecule has 0 saturated heterocycles.